The Hall–Kier alpha value is -2.11. The fraction of sp³-hybridized carbons (Fsp3) is 0.833. The Morgan fingerprint density at radius 3 is 1.20 bits per heavy atom. The van der Waals surface area contributed by atoms with Crippen LogP contribution in [0.5, 0.6) is 0 Å². The number of carbonyl (C=O) groups is 1. The van der Waals surface area contributed by atoms with E-state index < -0.39 is 49.5 Å². The second kappa shape index (κ2) is 55.2. The molecular formula is C66H121NO8. The van der Waals surface area contributed by atoms with Crippen molar-refractivity contribution in [1.29, 1.82) is 0 Å². The molecule has 75 heavy (non-hydrogen) atoms. The Morgan fingerprint density at radius 1 is 0.453 bits per heavy atom. The second-order valence-corrected chi connectivity index (χ2v) is 22.2. The number of allylic oxidation sites excluding steroid dienone is 9. The number of rotatable bonds is 55. The lowest BCUT2D eigenvalue weighted by Gasteiger charge is -2.40. The van der Waals surface area contributed by atoms with E-state index in [0.29, 0.717) is 6.42 Å². The molecule has 0 aliphatic carbocycles. The molecule has 1 saturated heterocycles. The maximum Gasteiger partial charge on any atom is 0.220 e. The Kier molecular flexibility index (Phi) is 52.2. The zero-order chi connectivity index (χ0) is 54.3. The van der Waals surface area contributed by atoms with Gasteiger partial charge < -0.3 is 40.3 Å². The highest BCUT2D eigenvalue weighted by Gasteiger charge is 2.44. The summed E-state index contributed by atoms with van der Waals surface area (Å²) in [5.41, 5.74) is 0. The molecule has 9 nitrogen and oxygen atoms in total. The van der Waals surface area contributed by atoms with E-state index in [4.69, 9.17) is 9.47 Å². The molecule has 1 aliphatic heterocycles. The van der Waals surface area contributed by atoms with E-state index >= 15 is 0 Å². The summed E-state index contributed by atoms with van der Waals surface area (Å²) < 4.78 is 11.3. The van der Waals surface area contributed by atoms with E-state index in [-0.39, 0.29) is 12.5 Å². The Labute approximate surface area is 462 Å². The lowest BCUT2D eigenvalue weighted by Crippen LogP contribution is -2.60. The highest BCUT2D eigenvalue weighted by Crippen LogP contribution is 2.23. The summed E-state index contributed by atoms with van der Waals surface area (Å²) in [4.78, 5) is 13.1. The molecule has 7 unspecified atom stereocenters. The molecule has 0 saturated carbocycles. The predicted molar refractivity (Wildman–Crippen MR) is 318 cm³/mol. The van der Waals surface area contributed by atoms with Crippen LogP contribution in [0.2, 0.25) is 0 Å². The topological polar surface area (TPSA) is 149 Å². The molecule has 0 aromatic carbocycles. The summed E-state index contributed by atoms with van der Waals surface area (Å²) in [7, 11) is 0. The number of aliphatic hydroxyl groups is 5. The maximum absolute atomic E-state index is 13.1. The highest BCUT2D eigenvalue weighted by atomic mass is 16.7. The minimum atomic E-state index is -1.58. The zero-order valence-electron chi connectivity index (χ0n) is 48.8. The van der Waals surface area contributed by atoms with E-state index in [0.717, 1.165) is 51.4 Å². The molecule has 438 valence electrons. The summed E-state index contributed by atoms with van der Waals surface area (Å²) in [6.07, 6.45) is 68.8. The van der Waals surface area contributed by atoms with E-state index in [9.17, 15) is 30.3 Å². The van der Waals surface area contributed by atoms with Crippen molar-refractivity contribution in [2.24, 2.45) is 0 Å². The van der Waals surface area contributed by atoms with Crippen molar-refractivity contribution in [3.8, 4) is 0 Å². The van der Waals surface area contributed by atoms with E-state index in [2.05, 4.69) is 67.8 Å². The van der Waals surface area contributed by atoms with Crippen molar-refractivity contribution in [3.05, 3.63) is 60.8 Å². The van der Waals surface area contributed by atoms with Gasteiger partial charge in [-0.05, 0) is 77.0 Å². The SMILES string of the molecule is CCCCCCCCCCC/C=C\C/C=C\CCCCCCCCCCCCCCCCCCCC(=O)NC(COC1OC(CO)C(O)C(O)C1O)C(O)/C=C/CC/C=C/CC/C=C/CCCCCCCCCCC. The van der Waals surface area contributed by atoms with Gasteiger partial charge in [-0.25, -0.2) is 0 Å². The first-order chi connectivity index (χ1) is 36.8. The first-order valence-electron chi connectivity index (χ1n) is 32.0. The molecular weight excluding hydrogens is 935 g/mol. The third kappa shape index (κ3) is 44.4. The summed E-state index contributed by atoms with van der Waals surface area (Å²) >= 11 is 0. The molecule has 9 heteroatoms. The summed E-state index contributed by atoms with van der Waals surface area (Å²) in [6, 6.07) is -0.830. The molecule has 1 aliphatic rings. The molecule has 7 atom stereocenters. The average Bonchev–Trinajstić information content (AvgIpc) is 3.41. The number of amides is 1. The largest absolute Gasteiger partial charge is 0.394 e. The van der Waals surface area contributed by atoms with Crippen molar-refractivity contribution < 1.29 is 39.8 Å². The van der Waals surface area contributed by atoms with Crippen molar-refractivity contribution in [2.45, 2.75) is 339 Å². The summed E-state index contributed by atoms with van der Waals surface area (Å²) in [5.74, 6) is -0.188. The Bertz CT molecular complexity index is 1360. The van der Waals surface area contributed by atoms with E-state index in [1.54, 1.807) is 6.08 Å². The smallest absolute Gasteiger partial charge is 0.220 e. The molecule has 6 N–H and O–H groups in total. The van der Waals surface area contributed by atoms with Crippen LogP contribution in [0.15, 0.2) is 60.8 Å². The fourth-order valence-electron chi connectivity index (χ4n) is 9.99. The fourth-order valence-corrected chi connectivity index (χ4v) is 9.99. The number of ether oxygens (including phenoxy) is 2. The van der Waals surface area contributed by atoms with Gasteiger partial charge >= 0.3 is 0 Å². The van der Waals surface area contributed by atoms with Gasteiger partial charge in [-0.3, -0.25) is 4.79 Å². The monoisotopic (exact) mass is 1060 g/mol. The molecule has 1 fully saturated rings. The number of carbonyl (C=O) groups excluding carboxylic acids is 1. The highest BCUT2D eigenvalue weighted by molar-refractivity contribution is 5.76. The molecule has 1 rings (SSSR count). The number of nitrogens with one attached hydrogen (secondary N) is 1. The van der Waals surface area contributed by atoms with Crippen LogP contribution in [-0.4, -0.2) is 87.5 Å². The van der Waals surface area contributed by atoms with Crippen LogP contribution in [0.25, 0.3) is 0 Å². The van der Waals surface area contributed by atoms with Crippen molar-refractivity contribution in [3.63, 3.8) is 0 Å². The van der Waals surface area contributed by atoms with Crippen molar-refractivity contribution >= 4 is 5.91 Å². The van der Waals surface area contributed by atoms with Gasteiger partial charge in [0.05, 0.1) is 25.4 Å². The van der Waals surface area contributed by atoms with Gasteiger partial charge in [0.25, 0.3) is 0 Å². The zero-order valence-corrected chi connectivity index (χ0v) is 48.8. The quantitative estimate of drug-likeness (QED) is 0.0261. The number of aliphatic hydroxyl groups excluding tert-OH is 5. The van der Waals surface area contributed by atoms with Gasteiger partial charge in [-0.2, -0.15) is 0 Å². The molecule has 0 radical (unpaired) electrons. The normalized spacial score (nSPS) is 19.3. The van der Waals surface area contributed by atoms with Crippen LogP contribution in [0, 0.1) is 0 Å². The predicted octanol–water partition coefficient (Wildman–Crippen LogP) is 16.6. The first-order valence-corrected chi connectivity index (χ1v) is 32.0. The number of unbranched alkanes of at least 4 members (excludes halogenated alkanes) is 37. The van der Waals surface area contributed by atoms with E-state index in [1.165, 1.54) is 225 Å². The van der Waals surface area contributed by atoms with Crippen molar-refractivity contribution in [1.82, 2.24) is 5.32 Å². The molecule has 1 amide bonds. The van der Waals surface area contributed by atoms with Crippen LogP contribution in [0.4, 0.5) is 0 Å². The van der Waals surface area contributed by atoms with Gasteiger partial charge in [-0.1, -0.05) is 274 Å². The third-order valence-electron chi connectivity index (χ3n) is 15.0. The standard InChI is InChI=1S/C66H121NO8/c1-3-5-7-9-11-13-15-17-19-21-23-24-25-26-27-28-29-30-31-32-33-34-35-36-38-40-42-44-46-48-50-52-54-56-62(70)67-59(58-74-66-65(73)64(72)63(71)61(57-68)75-66)60(69)55-53-51-49-47-45-43-41-39-37-22-20-18-16-14-12-10-8-6-4-2/h23-24,26-27,37,39,45,47,53,55,59-61,63-66,68-69,71-73H,3-22,25,28-36,38,40-44,46,48-52,54,56-58H2,1-2H3,(H,67,70)/b24-23-,27-26-,39-37+,47-45+,55-53+. The van der Waals surface area contributed by atoms with Crippen LogP contribution in [-0.2, 0) is 14.3 Å². The summed E-state index contributed by atoms with van der Waals surface area (Å²) in [5, 5.41) is 54.6. The third-order valence-corrected chi connectivity index (χ3v) is 15.0. The van der Waals surface area contributed by atoms with Gasteiger partial charge in [0, 0.05) is 6.42 Å². The molecule has 0 spiro atoms. The minimum Gasteiger partial charge on any atom is -0.394 e. The maximum atomic E-state index is 13.1. The van der Waals surface area contributed by atoms with Crippen LogP contribution in [0.1, 0.15) is 296 Å². The van der Waals surface area contributed by atoms with Crippen LogP contribution < -0.4 is 5.32 Å². The molecule has 0 aromatic rings. The Balaban J connectivity index is 2.16. The summed E-state index contributed by atoms with van der Waals surface area (Å²) in [6.45, 7) is 3.78. The van der Waals surface area contributed by atoms with Crippen molar-refractivity contribution in [2.75, 3.05) is 13.2 Å². The van der Waals surface area contributed by atoms with E-state index in [1.807, 2.05) is 6.08 Å². The number of hydrogen-bond acceptors (Lipinski definition) is 8. The minimum absolute atomic E-state index is 0.188. The van der Waals surface area contributed by atoms with Gasteiger partial charge in [0.15, 0.2) is 6.29 Å². The van der Waals surface area contributed by atoms with Gasteiger partial charge in [-0.15, -0.1) is 0 Å². The lowest BCUT2D eigenvalue weighted by molar-refractivity contribution is -0.302. The lowest BCUT2D eigenvalue weighted by atomic mass is 9.99. The van der Waals surface area contributed by atoms with Crippen LogP contribution >= 0.6 is 0 Å². The van der Waals surface area contributed by atoms with Crippen LogP contribution in [0.3, 0.4) is 0 Å². The van der Waals surface area contributed by atoms with Gasteiger partial charge in [0.1, 0.15) is 24.4 Å². The molecule has 0 bridgehead atoms. The molecule has 1 heterocycles. The first kappa shape index (κ1) is 70.9. The second-order valence-electron chi connectivity index (χ2n) is 22.2. The average molecular weight is 1060 g/mol. The Morgan fingerprint density at radius 2 is 0.800 bits per heavy atom. The van der Waals surface area contributed by atoms with Gasteiger partial charge in [0.2, 0.25) is 5.91 Å². The number of hydrogen-bond donors (Lipinski definition) is 6. The molecule has 0 aromatic heterocycles.